The minimum Gasteiger partial charge on any atom is -0.495 e. The molecule has 1 aliphatic heterocycles. The third-order valence-electron chi connectivity index (χ3n) is 6.33. The molecule has 2 amide bonds. The SMILES string of the molecule is C=CC(=O)N[C@@H]1CCN(C(C)=O)C[C@@H]1Nc1ncc2cc(-c3c(Cl)c(OC)cc(OC)c3Cl)ccc2n1. The molecule has 3 aromatic rings. The zero-order valence-electron chi connectivity index (χ0n) is 20.7. The molecule has 194 valence electrons. The van der Waals surface area contributed by atoms with Crippen LogP contribution in [0.25, 0.3) is 22.0 Å². The first-order valence-corrected chi connectivity index (χ1v) is 12.3. The summed E-state index contributed by atoms with van der Waals surface area (Å²) in [7, 11) is 3.05. The zero-order chi connectivity index (χ0) is 26.7. The van der Waals surface area contributed by atoms with Crippen LogP contribution in [0.15, 0.2) is 43.1 Å². The number of benzene rings is 2. The highest BCUT2D eigenvalue weighted by atomic mass is 35.5. The molecule has 2 aromatic carbocycles. The van der Waals surface area contributed by atoms with Crippen LogP contribution in [0.2, 0.25) is 10.0 Å². The number of rotatable bonds is 7. The molecule has 1 aromatic heterocycles. The summed E-state index contributed by atoms with van der Waals surface area (Å²) in [6.07, 6.45) is 3.52. The van der Waals surface area contributed by atoms with E-state index in [0.717, 1.165) is 10.9 Å². The predicted molar refractivity (Wildman–Crippen MR) is 145 cm³/mol. The maximum absolute atomic E-state index is 12.0. The van der Waals surface area contributed by atoms with E-state index in [4.69, 9.17) is 32.7 Å². The smallest absolute Gasteiger partial charge is 0.243 e. The monoisotopic (exact) mass is 543 g/mol. The predicted octanol–water partition coefficient (Wildman–Crippen LogP) is 4.32. The average molecular weight is 544 g/mol. The number of anilines is 1. The minimum absolute atomic E-state index is 0.0289. The Morgan fingerprint density at radius 1 is 1.14 bits per heavy atom. The van der Waals surface area contributed by atoms with Crippen LogP contribution >= 0.6 is 23.2 Å². The number of likely N-dealkylation sites (tertiary alicyclic amines) is 1. The first-order chi connectivity index (χ1) is 17.7. The van der Waals surface area contributed by atoms with Gasteiger partial charge in [-0.1, -0.05) is 35.8 Å². The number of carbonyl (C=O) groups is 2. The molecule has 2 N–H and O–H groups in total. The van der Waals surface area contributed by atoms with Gasteiger partial charge >= 0.3 is 0 Å². The lowest BCUT2D eigenvalue weighted by Gasteiger charge is -2.38. The number of piperidine rings is 1. The van der Waals surface area contributed by atoms with Crippen LogP contribution in [-0.4, -0.2) is 66.1 Å². The molecule has 1 fully saturated rings. The summed E-state index contributed by atoms with van der Waals surface area (Å²) in [4.78, 5) is 34.8. The Balaban J connectivity index is 1.64. The first kappa shape index (κ1) is 26.5. The van der Waals surface area contributed by atoms with Gasteiger partial charge in [-0.15, -0.1) is 0 Å². The van der Waals surface area contributed by atoms with E-state index in [1.807, 2.05) is 18.2 Å². The van der Waals surface area contributed by atoms with Gasteiger partial charge in [0.2, 0.25) is 17.8 Å². The normalized spacial score (nSPS) is 17.3. The zero-order valence-corrected chi connectivity index (χ0v) is 22.2. The van der Waals surface area contributed by atoms with Gasteiger partial charge in [0.25, 0.3) is 0 Å². The fourth-order valence-corrected chi connectivity index (χ4v) is 5.08. The summed E-state index contributed by atoms with van der Waals surface area (Å²) >= 11 is 13.2. The van der Waals surface area contributed by atoms with Gasteiger partial charge in [-0.3, -0.25) is 9.59 Å². The van der Waals surface area contributed by atoms with Gasteiger partial charge in [0, 0.05) is 43.2 Å². The molecule has 0 saturated carbocycles. The largest absolute Gasteiger partial charge is 0.495 e. The van der Waals surface area contributed by atoms with E-state index in [2.05, 4.69) is 27.2 Å². The van der Waals surface area contributed by atoms with Gasteiger partial charge < -0.3 is 25.0 Å². The molecule has 2 atom stereocenters. The lowest BCUT2D eigenvalue weighted by molar-refractivity contribution is -0.130. The summed E-state index contributed by atoms with van der Waals surface area (Å²) in [5.74, 6) is 0.968. The number of halogens is 2. The molecule has 2 heterocycles. The first-order valence-electron chi connectivity index (χ1n) is 11.6. The van der Waals surface area contributed by atoms with Crippen molar-refractivity contribution >= 4 is 51.9 Å². The van der Waals surface area contributed by atoms with Gasteiger partial charge in [0.15, 0.2) is 0 Å². The summed E-state index contributed by atoms with van der Waals surface area (Å²) in [6, 6.07) is 6.73. The van der Waals surface area contributed by atoms with E-state index in [-0.39, 0.29) is 23.9 Å². The van der Waals surface area contributed by atoms with Crippen LogP contribution in [0, 0.1) is 0 Å². The standard InChI is InChI=1S/C26H27Cl2N5O4/c1-5-22(35)30-18-8-9-33(14(2)34)13-19(18)32-26-29-12-16-10-15(6-7-17(16)31-26)23-24(27)20(36-3)11-21(37-4)25(23)28/h5-7,10-12,18-19H,1,8-9,13H2,2-4H3,(H,30,35)(H,29,31,32)/t18-,19+/m1/s1. The molecule has 0 aliphatic carbocycles. The van der Waals surface area contributed by atoms with Gasteiger partial charge in [-0.2, -0.15) is 0 Å². The molecule has 0 radical (unpaired) electrons. The molecular weight excluding hydrogens is 517 g/mol. The Labute approximate surface area is 224 Å². The highest BCUT2D eigenvalue weighted by Crippen LogP contribution is 2.46. The van der Waals surface area contributed by atoms with Crippen molar-refractivity contribution in [2.75, 3.05) is 32.6 Å². The van der Waals surface area contributed by atoms with Crippen molar-refractivity contribution in [2.45, 2.75) is 25.4 Å². The summed E-state index contributed by atoms with van der Waals surface area (Å²) in [5, 5.41) is 7.72. The van der Waals surface area contributed by atoms with E-state index < -0.39 is 0 Å². The van der Waals surface area contributed by atoms with Crippen molar-refractivity contribution < 1.29 is 19.1 Å². The van der Waals surface area contributed by atoms with Crippen molar-refractivity contribution in [1.82, 2.24) is 20.2 Å². The summed E-state index contributed by atoms with van der Waals surface area (Å²) < 4.78 is 10.8. The molecule has 1 aliphatic rings. The van der Waals surface area contributed by atoms with Gasteiger partial charge in [0.05, 0.1) is 41.9 Å². The van der Waals surface area contributed by atoms with Crippen LogP contribution in [-0.2, 0) is 9.59 Å². The average Bonchev–Trinajstić information content (AvgIpc) is 2.89. The van der Waals surface area contributed by atoms with E-state index in [0.29, 0.717) is 58.1 Å². The second kappa shape index (κ2) is 11.2. The number of hydrogen-bond donors (Lipinski definition) is 2. The molecule has 9 nitrogen and oxygen atoms in total. The van der Waals surface area contributed by atoms with E-state index >= 15 is 0 Å². The maximum atomic E-state index is 12.0. The number of nitrogens with zero attached hydrogens (tertiary/aromatic N) is 3. The topological polar surface area (TPSA) is 106 Å². The Morgan fingerprint density at radius 3 is 2.46 bits per heavy atom. The fourth-order valence-electron chi connectivity index (χ4n) is 4.36. The third-order valence-corrected chi connectivity index (χ3v) is 7.08. The third kappa shape index (κ3) is 5.57. The molecule has 0 unspecified atom stereocenters. The highest BCUT2D eigenvalue weighted by molar-refractivity contribution is 6.41. The molecule has 0 spiro atoms. The Morgan fingerprint density at radius 2 is 1.84 bits per heavy atom. The molecule has 0 bridgehead atoms. The number of amides is 2. The Bertz CT molecular complexity index is 1340. The van der Waals surface area contributed by atoms with Crippen molar-refractivity contribution in [2.24, 2.45) is 0 Å². The number of hydrogen-bond acceptors (Lipinski definition) is 7. The number of ether oxygens (including phenoxy) is 2. The van der Waals surface area contributed by atoms with Crippen LogP contribution in [0.3, 0.4) is 0 Å². The fraction of sp³-hybridized carbons (Fsp3) is 0.308. The van der Waals surface area contributed by atoms with Gasteiger partial charge in [0.1, 0.15) is 11.5 Å². The lowest BCUT2D eigenvalue weighted by Crippen LogP contribution is -2.57. The summed E-state index contributed by atoms with van der Waals surface area (Å²) in [5.41, 5.74) is 2.02. The van der Waals surface area contributed by atoms with Crippen LogP contribution < -0.4 is 20.1 Å². The van der Waals surface area contributed by atoms with Gasteiger partial charge in [-0.05, 0) is 30.2 Å². The number of aromatic nitrogens is 2. The minimum atomic E-state index is -0.278. The summed E-state index contributed by atoms with van der Waals surface area (Å²) in [6.45, 7) is 6.01. The van der Waals surface area contributed by atoms with E-state index in [1.165, 1.54) is 27.2 Å². The van der Waals surface area contributed by atoms with Crippen molar-refractivity contribution in [1.29, 1.82) is 0 Å². The van der Waals surface area contributed by atoms with Crippen LogP contribution in [0.5, 0.6) is 11.5 Å². The van der Waals surface area contributed by atoms with Crippen LogP contribution in [0.4, 0.5) is 5.95 Å². The maximum Gasteiger partial charge on any atom is 0.243 e. The van der Waals surface area contributed by atoms with E-state index in [1.54, 1.807) is 17.2 Å². The number of nitrogens with one attached hydrogen (secondary N) is 2. The van der Waals surface area contributed by atoms with E-state index in [9.17, 15) is 9.59 Å². The van der Waals surface area contributed by atoms with Crippen molar-refractivity contribution in [3.05, 3.63) is 53.2 Å². The highest BCUT2D eigenvalue weighted by Gasteiger charge is 2.31. The molecule has 11 heteroatoms. The van der Waals surface area contributed by atoms with Gasteiger partial charge in [-0.25, -0.2) is 9.97 Å². The number of fused-ring (bicyclic) bond motifs is 1. The quantitative estimate of drug-likeness (QED) is 0.427. The lowest BCUT2D eigenvalue weighted by atomic mass is 9.99. The van der Waals surface area contributed by atoms with Crippen molar-refractivity contribution in [3.8, 4) is 22.6 Å². The Kier molecular flexibility index (Phi) is 8.04. The second-order valence-electron chi connectivity index (χ2n) is 8.58. The molecule has 1 saturated heterocycles. The molecule has 4 rings (SSSR count). The van der Waals surface area contributed by atoms with Crippen molar-refractivity contribution in [3.63, 3.8) is 0 Å². The Hall–Kier alpha value is -3.56. The molecule has 37 heavy (non-hydrogen) atoms. The number of methoxy groups -OCH3 is 2. The number of carbonyl (C=O) groups excluding carboxylic acids is 2. The van der Waals surface area contributed by atoms with Crippen LogP contribution in [0.1, 0.15) is 13.3 Å². The second-order valence-corrected chi connectivity index (χ2v) is 9.33. The molecular formula is C26H27Cl2N5O4.